The van der Waals surface area contributed by atoms with Gasteiger partial charge in [-0.25, -0.2) is 13.2 Å². The molecular weight excluding hydrogens is 546 g/mol. The van der Waals surface area contributed by atoms with Crippen molar-refractivity contribution in [2.75, 3.05) is 23.4 Å². The molecule has 1 N–H and O–H groups in total. The van der Waals surface area contributed by atoms with Crippen molar-refractivity contribution in [3.05, 3.63) is 44.0 Å². The number of ether oxygens (including phenoxy) is 1. The third kappa shape index (κ3) is 5.88. The van der Waals surface area contributed by atoms with Crippen molar-refractivity contribution in [1.29, 1.82) is 0 Å². The molecule has 13 heteroatoms. The summed E-state index contributed by atoms with van der Waals surface area (Å²) in [5, 5.41) is 3.38. The van der Waals surface area contributed by atoms with Gasteiger partial charge >= 0.3 is 5.97 Å². The summed E-state index contributed by atoms with van der Waals surface area (Å²) in [6.45, 7) is 1.87. The molecule has 0 fully saturated rings. The van der Waals surface area contributed by atoms with Crippen molar-refractivity contribution in [2.24, 2.45) is 12.0 Å². The highest BCUT2D eigenvalue weighted by atomic mass is 35.5. The Morgan fingerprint density at radius 3 is 2.67 bits per heavy atom. The summed E-state index contributed by atoms with van der Waals surface area (Å²) in [7, 11) is -2.40. The lowest BCUT2D eigenvalue weighted by Crippen LogP contribution is -2.28. The fourth-order valence-electron chi connectivity index (χ4n) is 4.03. The van der Waals surface area contributed by atoms with E-state index in [9.17, 15) is 22.8 Å². The van der Waals surface area contributed by atoms with E-state index in [4.69, 9.17) is 16.3 Å². The molecule has 0 atom stereocenters. The summed E-state index contributed by atoms with van der Waals surface area (Å²) in [5.74, 6) is -4.07. The van der Waals surface area contributed by atoms with Gasteiger partial charge in [0.1, 0.15) is 16.5 Å². The second-order valence-corrected chi connectivity index (χ2v) is 12.9. The highest BCUT2D eigenvalue weighted by Gasteiger charge is 2.28. The number of thiophene rings is 1. The van der Waals surface area contributed by atoms with Crippen LogP contribution in [0.5, 0.6) is 0 Å². The molecule has 2 aromatic heterocycles. The first-order chi connectivity index (χ1) is 17.1. The minimum absolute atomic E-state index is 0.182. The summed E-state index contributed by atoms with van der Waals surface area (Å²) in [6.07, 6.45) is 3.39. The Morgan fingerprint density at radius 2 is 1.92 bits per heavy atom. The van der Waals surface area contributed by atoms with Crippen molar-refractivity contribution in [1.82, 2.24) is 4.57 Å². The van der Waals surface area contributed by atoms with Gasteiger partial charge in [0.2, 0.25) is 5.91 Å². The Bertz CT molecular complexity index is 1530. The second kappa shape index (κ2) is 10.8. The largest absolute Gasteiger partial charge is 0.462 e. The molecular formula is C23H24ClN3O6S3. The number of fused-ring (bicyclic) bond motifs is 2. The number of carbonyl (C=O) groups excluding carboxylic acids is 3. The number of amides is 2. The van der Waals surface area contributed by atoms with Crippen LogP contribution >= 0.6 is 34.3 Å². The van der Waals surface area contributed by atoms with Crippen LogP contribution in [0, 0.1) is 0 Å². The van der Waals surface area contributed by atoms with Gasteiger partial charge in [0.15, 0.2) is 14.6 Å². The van der Waals surface area contributed by atoms with Gasteiger partial charge in [-0.05, 0) is 56.4 Å². The first kappa shape index (κ1) is 26.5. The van der Waals surface area contributed by atoms with Crippen LogP contribution in [-0.4, -0.2) is 48.9 Å². The predicted molar refractivity (Wildman–Crippen MR) is 141 cm³/mol. The molecule has 1 aliphatic carbocycles. The molecule has 0 saturated carbocycles. The van der Waals surface area contributed by atoms with Gasteiger partial charge in [0, 0.05) is 16.9 Å². The van der Waals surface area contributed by atoms with Crippen LogP contribution in [0.25, 0.3) is 10.2 Å². The maximum absolute atomic E-state index is 12.6. The molecule has 0 unspecified atom stereocenters. The third-order valence-electron chi connectivity index (χ3n) is 5.59. The van der Waals surface area contributed by atoms with Gasteiger partial charge < -0.3 is 14.6 Å². The van der Waals surface area contributed by atoms with Gasteiger partial charge in [-0.2, -0.15) is 4.99 Å². The molecule has 3 aromatic rings. The molecule has 2 heterocycles. The third-order valence-corrected chi connectivity index (χ3v) is 9.52. The molecule has 1 aromatic carbocycles. The Morgan fingerprint density at radius 1 is 1.17 bits per heavy atom. The fourth-order valence-corrected chi connectivity index (χ4v) is 7.65. The van der Waals surface area contributed by atoms with Gasteiger partial charge in [-0.1, -0.05) is 22.9 Å². The quantitative estimate of drug-likeness (QED) is 0.434. The zero-order valence-electron chi connectivity index (χ0n) is 19.6. The van der Waals surface area contributed by atoms with E-state index < -0.39 is 39.1 Å². The van der Waals surface area contributed by atoms with E-state index in [0.29, 0.717) is 21.8 Å². The zero-order chi connectivity index (χ0) is 26.0. The van der Waals surface area contributed by atoms with Gasteiger partial charge in [0.25, 0.3) is 5.91 Å². The minimum Gasteiger partial charge on any atom is -0.462 e. The number of sulfone groups is 1. The Hall–Kier alpha value is -2.54. The number of hydrogen-bond donors (Lipinski definition) is 1. The summed E-state index contributed by atoms with van der Waals surface area (Å²) in [5.41, 5.74) is 1.95. The highest BCUT2D eigenvalue weighted by Crippen LogP contribution is 2.38. The number of anilines is 1. The normalized spacial score (nSPS) is 14.0. The molecule has 0 saturated heterocycles. The van der Waals surface area contributed by atoms with Crippen LogP contribution in [0.15, 0.2) is 23.2 Å². The van der Waals surface area contributed by atoms with E-state index >= 15 is 0 Å². The van der Waals surface area contributed by atoms with Crippen LogP contribution < -0.4 is 10.1 Å². The zero-order valence-corrected chi connectivity index (χ0v) is 22.8. The predicted octanol–water partition coefficient (Wildman–Crippen LogP) is 3.49. The van der Waals surface area contributed by atoms with Gasteiger partial charge in [-0.3, -0.25) is 9.59 Å². The number of nitrogens with one attached hydrogen (secondary N) is 1. The van der Waals surface area contributed by atoms with Crippen molar-refractivity contribution in [2.45, 2.75) is 32.6 Å². The van der Waals surface area contributed by atoms with Crippen LogP contribution in [0.2, 0.25) is 5.02 Å². The molecule has 0 aliphatic heterocycles. The lowest BCUT2D eigenvalue weighted by atomic mass is 9.95. The average molecular weight is 570 g/mol. The fraction of sp³-hybridized carbons (Fsp3) is 0.391. The number of hydrogen-bond acceptors (Lipinski definition) is 8. The minimum atomic E-state index is -4.11. The smallest absolute Gasteiger partial charge is 0.341 e. The molecule has 192 valence electrons. The summed E-state index contributed by atoms with van der Waals surface area (Å²) >= 11 is 8.48. The van der Waals surface area contributed by atoms with E-state index in [1.54, 1.807) is 36.7 Å². The van der Waals surface area contributed by atoms with E-state index in [-0.39, 0.29) is 11.6 Å². The number of rotatable bonds is 7. The number of benzene rings is 1. The number of carbonyl (C=O) groups is 3. The maximum Gasteiger partial charge on any atom is 0.341 e. The lowest BCUT2D eigenvalue weighted by molar-refractivity contribution is -0.115. The number of nitrogens with zero attached hydrogens (tertiary/aromatic N) is 2. The highest BCUT2D eigenvalue weighted by molar-refractivity contribution is 7.92. The summed E-state index contributed by atoms with van der Waals surface area (Å²) < 4.78 is 32.8. The van der Waals surface area contributed by atoms with Crippen LogP contribution in [0.3, 0.4) is 0 Å². The monoisotopic (exact) mass is 569 g/mol. The molecule has 0 radical (unpaired) electrons. The molecule has 1 aliphatic rings. The topological polar surface area (TPSA) is 124 Å². The van der Waals surface area contributed by atoms with Gasteiger partial charge in [0.05, 0.1) is 22.4 Å². The van der Waals surface area contributed by atoms with Crippen LogP contribution in [-0.2, 0) is 44.1 Å². The molecule has 36 heavy (non-hydrogen) atoms. The Kier molecular flexibility index (Phi) is 7.98. The maximum atomic E-state index is 12.6. The summed E-state index contributed by atoms with van der Waals surface area (Å²) in [6, 6.07) is 5.23. The first-order valence-corrected chi connectivity index (χ1v) is 15.1. The van der Waals surface area contributed by atoms with E-state index in [1.807, 2.05) is 0 Å². The molecule has 0 spiro atoms. The number of thiazole rings is 1. The molecule has 4 rings (SSSR count). The van der Waals surface area contributed by atoms with Crippen molar-refractivity contribution < 1.29 is 27.5 Å². The molecule has 0 bridgehead atoms. The van der Waals surface area contributed by atoms with Crippen LogP contribution in [0.4, 0.5) is 5.00 Å². The molecule has 2 amide bonds. The van der Waals surface area contributed by atoms with Crippen LogP contribution in [0.1, 0.15) is 40.6 Å². The average Bonchev–Trinajstić information content (AvgIpc) is 3.29. The SMILES string of the molecule is CCOC(=O)c1c(NC(=O)CS(=O)(=O)CC(=O)N=c2sc3cc(Cl)ccc3n2C)sc2c1CCCC2. The number of halogens is 1. The Balaban J connectivity index is 1.48. The van der Waals surface area contributed by atoms with E-state index in [2.05, 4.69) is 10.3 Å². The summed E-state index contributed by atoms with van der Waals surface area (Å²) in [4.78, 5) is 42.9. The van der Waals surface area contributed by atoms with Crippen molar-refractivity contribution in [3.8, 4) is 0 Å². The van der Waals surface area contributed by atoms with Gasteiger partial charge in [-0.15, -0.1) is 11.3 Å². The first-order valence-electron chi connectivity index (χ1n) is 11.2. The van der Waals surface area contributed by atoms with Crippen molar-refractivity contribution in [3.63, 3.8) is 0 Å². The molecule has 9 nitrogen and oxygen atoms in total. The lowest BCUT2D eigenvalue weighted by Gasteiger charge is -2.12. The standard InChI is InChI=1S/C23H24ClN3O6S3/c1-3-33-22(30)20-14-6-4-5-7-16(14)34-21(20)25-18(28)11-36(31,32)12-19(29)26-23-27(2)15-9-8-13(24)10-17(15)35-23/h8-10H,3-7,11-12H2,1-2H3,(H,25,28). The number of aryl methyl sites for hydroxylation is 2. The van der Waals surface area contributed by atoms with E-state index in [1.165, 1.54) is 22.7 Å². The number of aromatic nitrogens is 1. The second-order valence-electron chi connectivity index (χ2n) is 8.28. The number of esters is 1. The van der Waals surface area contributed by atoms with Crippen molar-refractivity contribution >= 4 is 77.1 Å². The van der Waals surface area contributed by atoms with E-state index in [0.717, 1.165) is 39.9 Å². The Labute approximate surface area is 220 Å².